The molecular weight excluding hydrogens is 577 g/mol. The lowest BCUT2D eigenvalue weighted by Crippen LogP contribution is -2.26. The number of carbonyl (C=O) groups is 2. The van der Waals surface area contributed by atoms with E-state index in [9.17, 15) is 22.8 Å². The smallest absolute Gasteiger partial charge is 0.416 e. The lowest BCUT2D eigenvalue weighted by molar-refractivity contribution is -0.144. The van der Waals surface area contributed by atoms with E-state index in [1.807, 2.05) is 70.2 Å². The predicted octanol–water partition coefficient (Wildman–Crippen LogP) is 9.34. The van der Waals surface area contributed by atoms with Crippen LogP contribution in [-0.4, -0.2) is 24.2 Å². The number of carbonyl (C=O) groups excluding carboxylic acids is 2. The van der Waals surface area contributed by atoms with Crippen LogP contribution in [-0.2, 0) is 22.1 Å². The third-order valence-electron chi connectivity index (χ3n) is 7.91. The normalized spacial score (nSPS) is 14.3. The fourth-order valence-corrected chi connectivity index (χ4v) is 5.29. The lowest BCUT2D eigenvalue weighted by Gasteiger charge is -2.21. The zero-order chi connectivity index (χ0) is 32.6. The number of nitrogens with zero attached hydrogens (tertiary/aromatic N) is 1. The fourth-order valence-electron chi connectivity index (χ4n) is 5.29. The van der Waals surface area contributed by atoms with Crippen molar-refractivity contribution in [2.24, 2.45) is 10.9 Å². The number of amides is 1. The van der Waals surface area contributed by atoms with Crippen LogP contribution in [0.25, 0.3) is 0 Å². The summed E-state index contributed by atoms with van der Waals surface area (Å²) < 4.78 is 45.4. The summed E-state index contributed by atoms with van der Waals surface area (Å²) in [6.45, 7) is 8.32. The van der Waals surface area contributed by atoms with Crippen molar-refractivity contribution in [1.82, 2.24) is 5.32 Å². The molecule has 238 valence electrons. The Morgan fingerprint density at radius 1 is 0.933 bits per heavy atom. The predicted molar refractivity (Wildman–Crippen MR) is 172 cm³/mol. The van der Waals surface area contributed by atoms with Gasteiger partial charge in [0, 0.05) is 17.5 Å². The third kappa shape index (κ3) is 9.40. The van der Waals surface area contributed by atoms with Gasteiger partial charge in [0.1, 0.15) is 0 Å². The molecule has 5 nitrogen and oxygen atoms in total. The number of esters is 1. The van der Waals surface area contributed by atoms with Crippen molar-refractivity contribution < 1.29 is 27.5 Å². The molecule has 0 radical (unpaired) electrons. The molecule has 45 heavy (non-hydrogen) atoms. The van der Waals surface area contributed by atoms with Crippen LogP contribution in [0.5, 0.6) is 0 Å². The van der Waals surface area contributed by atoms with E-state index in [1.165, 1.54) is 12.1 Å². The molecule has 1 aliphatic rings. The van der Waals surface area contributed by atoms with Gasteiger partial charge in [-0.15, -0.1) is 0 Å². The van der Waals surface area contributed by atoms with E-state index in [0.717, 1.165) is 34.4 Å². The van der Waals surface area contributed by atoms with Gasteiger partial charge in [0.2, 0.25) is 0 Å². The number of halogens is 3. The van der Waals surface area contributed by atoms with Crippen LogP contribution in [0.4, 0.5) is 18.9 Å². The molecule has 0 saturated heterocycles. The number of unbranched alkanes of at least 4 members (excludes halogenated alkanes) is 1. The van der Waals surface area contributed by atoms with Gasteiger partial charge >= 0.3 is 12.1 Å². The molecule has 3 aromatic carbocycles. The highest BCUT2D eigenvalue weighted by molar-refractivity contribution is 6.14. The van der Waals surface area contributed by atoms with Crippen molar-refractivity contribution in [3.8, 4) is 0 Å². The first kappa shape index (κ1) is 33.7. The summed E-state index contributed by atoms with van der Waals surface area (Å²) in [6.07, 6.45) is -0.825. The maximum Gasteiger partial charge on any atom is 0.416 e. The van der Waals surface area contributed by atoms with Crippen molar-refractivity contribution in [2.75, 3.05) is 6.61 Å². The second-order valence-corrected chi connectivity index (χ2v) is 12.0. The Morgan fingerprint density at radius 3 is 2.31 bits per heavy atom. The maximum atomic E-state index is 13.4. The Hall–Kier alpha value is -4.20. The summed E-state index contributed by atoms with van der Waals surface area (Å²) in [6, 6.07) is 20.0. The Labute approximate surface area is 263 Å². The average molecular weight is 619 g/mol. The number of rotatable bonds is 11. The Kier molecular flexibility index (Phi) is 11.4. The second-order valence-electron chi connectivity index (χ2n) is 12.0. The van der Waals surface area contributed by atoms with Crippen molar-refractivity contribution in [3.05, 3.63) is 112 Å². The Balaban J connectivity index is 1.60. The second kappa shape index (κ2) is 15.2. The molecule has 4 rings (SSSR count). The van der Waals surface area contributed by atoms with E-state index >= 15 is 0 Å². The summed E-state index contributed by atoms with van der Waals surface area (Å²) in [7, 11) is 0. The minimum atomic E-state index is -4.44. The molecule has 0 spiro atoms. The SMILES string of the molecule is CC1=C(CCCCC(=O)OCC(C)C)C(c2ccc(C(F)(F)F)cc2)=Nc2ccc(C(=O)NC(C)c3ccccc3)cc2CC1. The van der Waals surface area contributed by atoms with E-state index in [4.69, 9.17) is 9.73 Å². The minimum absolute atomic E-state index is 0.171. The fraction of sp³-hybridized carbons (Fsp3) is 0.378. The summed E-state index contributed by atoms with van der Waals surface area (Å²) >= 11 is 0. The van der Waals surface area contributed by atoms with E-state index in [0.29, 0.717) is 67.7 Å². The molecule has 1 atom stereocenters. The third-order valence-corrected chi connectivity index (χ3v) is 7.91. The molecule has 0 aliphatic carbocycles. The van der Waals surface area contributed by atoms with Crippen LogP contribution in [0.2, 0.25) is 0 Å². The van der Waals surface area contributed by atoms with Crippen LogP contribution in [0.1, 0.15) is 98.5 Å². The topological polar surface area (TPSA) is 67.8 Å². The van der Waals surface area contributed by atoms with E-state index < -0.39 is 11.7 Å². The minimum Gasteiger partial charge on any atom is -0.465 e. The first-order valence-electron chi connectivity index (χ1n) is 15.5. The summed E-state index contributed by atoms with van der Waals surface area (Å²) in [4.78, 5) is 30.3. The molecule has 0 fully saturated rings. The molecule has 1 heterocycles. The van der Waals surface area contributed by atoms with Gasteiger partial charge in [0.05, 0.1) is 29.6 Å². The summed E-state index contributed by atoms with van der Waals surface area (Å²) in [5, 5.41) is 3.06. The van der Waals surface area contributed by atoms with Gasteiger partial charge in [-0.3, -0.25) is 9.59 Å². The maximum absolute atomic E-state index is 13.4. The number of hydrogen-bond acceptors (Lipinski definition) is 4. The van der Waals surface area contributed by atoms with Crippen LogP contribution in [0, 0.1) is 5.92 Å². The Morgan fingerprint density at radius 2 is 1.64 bits per heavy atom. The van der Waals surface area contributed by atoms with E-state index in [-0.39, 0.29) is 23.8 Å². The van der Waals surface area contributed by atoms with Gasteiger partial charge in [-0.2, -0.15) is 13.2 Å². The standard InChI is InChI=1S/C37H41F3N2O3/c1-24(2)23-45-34(43)13-9-8-12-32-25(3)14-15-29-22-30(36(44)41-26(4)27-10-6-5-7-11-27)18-21-33(29)42-35(32)28-16-19-31(20-17-28)37(38,39)40/h5-7,10-11,16-22,24,26H,8-9,12-15,23H2,1-4H3,(H,41,44). The van der Waals surface area contributed by atoms with Gasteiger partial charge in [-0.05, 0) is 98.9 Å². The number of nitrogens with one attached hydrogen (secondary N) is 1. The molecule has 1 unspecified atom stereocenters. The first-order valence-corrected chi connectivity index (χ1v) is 15.5. The zero-order valence-corrected chi connectivity index (χ0v) is 26.3. The molecule has 0 aromatic heterocycles. The quantitative estimate of drug-likeness (QED) is 0.172. The summed E-state index contributed by atoms with van der Waals surface area (Å²) in [5.74, 6) is -0.149. The summed E-state index contributed by atoms with van der Waals surface area (Å²) in [5.41, 5.74) is 5.62. The molecule has 1 N–H and O–H groups in total. The average Bonchev–Trinajstić information content (AvgIpc) is 3.01. The first-order chi connectivity index (χ1) is 21.4. The number of aliphatic imine (C=N–C) groups is 1. The number of alkyl halides is 3. The lowest BCUT2D eigenvalue weighted by atomic mass is 9.88. The molecule has 1 amide bonds. The van der Waals surface area contributed by atoms with Gasteiger partial charge in [0.15, 0.2) is 0 Å². The number of allylic oxidation sites excluding steroid dienone is 2. The van der Waals surface area contributed by atoms with Gasteiger partial charge < -0.3 is 10.1 Å². The van der Waals surface area contributed by atoms with Gasteiger partial charge in [0.25, 0.3) is 5.91 Å². The Bertz CT molecular complexity index is 1540. The largest absolute Gasteiger partial charge is 0.465 e. The molecule has 8 heteroatoms. The van der Waals surface area contributed by atoms with Gasteiger partial charge in [-0.1, -0.05) is 61.9 Å². The highest BCUT2D eigenvalue weighted by Gasteiger charge is 2.30. The highest BCUT2D eigenvalue weighted by atomic mass is 19.4. The van der Waals surface area contributed by atoms with Gasteiger partial charge in [-0.25, -0.2) is 4.99 Å². The van der Waals surface area contributed by atoms with Crippen LogP contribution in [0.3, 0.4) is 0 Å². The van der Waals surface area contributed by atoms with Crippen molar-refractivity contribution in [3.63, 3.8) is 0 Å². The molecule has 3 aromatic rings. The van der Waals surface area contributed by atoms with Crippen LogP contribution in [0.15, 0.2) is 88.9 Å². The number of benzene rings is 3. The zero-order valence-electron chi connectivity index (χ0n) is 26.3. The van der Waals surface area contributed by atoms with Crippen LogP contribution >= 0.6 is 0 Å². The van der Waals surface area contributed by atoms with E-state index in [2.05, 4.69) is 5.32 Å². The molecule has 0 bridgehead atoms. The number of fused-ring (bicyclic) bond motifs is 1. The van der Waals surface area contributed by atoms with Crippen molar-refractivity contribution in [2.45, 2.75) is 78.4 Å². The van der Waals surface area contributed by atoms with Crippen LogP contribution < -0.4 is 5.32 Å². The molecule has 0 saturated carbocycles. The number of hydrogen-bond donors (Lipinski definition) is 1. The van der Waals surface area contributed by atoms with Crippen molar-refractivity contribution >= 4 is 23.3 Å². The highest BCUT2D eigenvalue weighted by Crippen LogP contribution is 2.34. The number of aryl methyl sites for hydroxylation is 1. The molecule has 1 aliphatic heterocycles. The van der Waals surface area contributed by atoms with Crippen molar-refractivity contribution in [1.29, 1.82) is 0 Å². The number of ether oxygens (including phenoxy) is 1. The van der Waals surface area contributed by atoms with E-state index in [1.54, 1.807) is 6.07 Å². The monoisotopic (exact) mass is 618 g/mol. The molecular formula is C37H41F3N2O3.